The number of anilines is 1. The van der Waals surface area contributed by atoms with Gasteiger partial charge in [0.15, 0.2) is 10.2 Å². The number of rotatable bonds is 0. The van der Waals surface area contributed by atoms with Gasteiger partial charge in [-0.25, -0.2) is 0 Å². The van der Waals surface area contributed by atoms with Crippen LogP contribution in [0.5, 0.6) is 0 Å². The third-order valence-corrected chi connectivity index (χ3v) is 2.02. The second-order valence-electron chi connectivity index (χ2n) is 2.23. The van der Waals surface area contributed by atoms with Crippen molar-refractivity contribution in [3.8, 4) is 0 Å². The van der Waals surface area contributed by atoms with Crippen LogP contribution in [0, 0.1) is 0 Å². The zero-order chi connectivity index (χ0) is 7.84. The molecule has 0 fully saturated rings. The molecule has 0 bridgehead atoms. The average Bonchev–Trinajstić information content (AvgIpc) is 2.32. The van der Waals surface area contributed by atoms with Gasteiger partial charge in [0.05, 0.1) is 5.39 Å². The first-order chi connectivity index (χ1) is 5.27. The molecule has 11 heavy (non-hydrogen) atoms. The molecule has 1 aromatic heterocycles. The molecule has 2 aromatic rings. The number of fused-ring (bicyclic) bond motifs is 1. The lowest BCUT2D eigenvalue weighted by Crippen LogP contribution is -1.81. The van der Waals surface area contributed by atoms with Crippen molar-refractivity contribution in [3.63, 3.8) is 0 Å². The van der Waals surface area contributed by atoms with E-state index >= 15 is 0 Å². The van der Waals surface area contributed by atoms with E-state index < -0.39 is 0 Å². The van der Waals surface area contributed by atoms with Gasteiger partial charge in [-0.3, -0.25) is 0 Å². The van der Waals surface area contributed by atoms with Crippen LogP contribution >= 0.6 is 15.9 Å². The van der Waals surface area contributed by atoms with E-state index in [9.17, 15) is 0 Å². The molecule has 56 valence electrons. The summed E-state index contributed by atoms with van der Waals surface area (Å²) in [6, 6.07) is 5.42. The van der Waals surface area contributed by atoms with Gasteiger partial charge in [-0.2, -0.15) is 0 Å². The van der Waals surface area contributed by atoms with E-state index in [4.69, 9.17) is 10.3 Å². The van der Waals surface area contributed by atoms with Gasteiger partial charge in [0, 0.05) is 11.8 Å². The maximum atomic E-state index is 5.53. The molecule has 0 aliphatic heterocycles. The average molecular weight is 213 g/mol. The van der Waals surface area contributed by atoms with Crippen LogP contribution in [0.2, 0.25) is 0 Å². The van der Waals surface area contributed by atoms with Crippen molar-refractivity contribution in [2.24, 2.45) is 0 Å². The fraction of sp³-hybridized carbons (Fsp3) is 0. The molecule has 0 radical (unpaired) electrons. The highest BCUT2D eigenvalue weighted by atomic mass is 79.9. The van der Waals surface area contributed by atoms with E-state index in [1.54, 1.807) is 6.07 Å². The van der Waals surface area contributed by atoms with Crippen LogP contribution in [-0.2, 0) is 0 Å². The molecule has 4 heteroatoms. The third-order valence-electron chi connectivity index (χ3n) is 1.45. The number of hydrogen-bond acceptors (Lipinski definition) is 3. The summed E-state index contributed by atoms with van der Waals surface area (Å²) in [5.41, 5.74) is 6.92. The molecule has 2 rings (SSSR count). The lowest BCUT2D eigenvalue weighted by atomic mass is 10.2. The Hall–Kier alpha value is -1.03. The normalized spacial score (nSPS) is 10.6. The number of nitrogens with two attached hydrogens (primary N) is 1. The predicted octanol–water partition coefficient (Wildman–Crippen LogP) is 2.17. The molecule has 0 spiro atoms. The number of nitrogen functional groups attached to an aromatic ring is 1. The number of hydrogen-bond donors (Lipinski definition) is 1. The number of aromatic nitrogens is 1. The highest BCUT2D eigenvalue weighted by Gasteiger charge is 2.03. The molecule has 0 saturated heterocycles. The summed E-state index contributed by atoms with van der Waals surface area (Å²) < 4.78 is 5.67. The maximum absolute atomic E-state index is 5.53. The third kappa shape index (κ3) is 0.991. The molecule has 0 unspecified atom stereocenters. The molecule has 1 heterocycles. The van der Waals surface area contributed by atoms with Gasteiger partial charge >= 0.3 is 0 Å². The van der Waals surface area contributed by atoms with Gasteiger partial charge in [0.2, 0.25) is 0 Å². The van der Waals surface area contributed by atoms with Gasteiger partial charge in [-0.15, -0.1) is 0 Å². The summed E-state index contributed by atoms with van der Waals surface area (Å²) >= 11 is 3.25. The SMILES string of the molecule is Nc1ccc2c(Br)noc2c1. The van der Waals surface area contributed by atoms with Crippen molar-refractivity contribution < 1.29 is 4.52 Å². The van der Waals surface area contributed by atoms with Crippen molar-refractivity contribution in [2.45, 2.75) is 0 Å². The second kappa shape index (κ2) is 2.23. The smallest absolute Gasteiger partial charge is 0.170 e. The van der Waals surface area contributed by atoms with Crippen LogP contribution < -0.4 is 5.73 Å². The van der Waals surface area contributed by atoms with Gasteiger partial charge in [-0.1, -0.05) is 5.16 Å². The Kier molecular flexibility index (Phi) is 1.35. The van der Waals surface area contributed by atoms with Crippen LogP contribution in [0.15, 0.2) is 27.3 Å². The van der Waals surface area contributed by atoms with Crippen LogP contribution in [0.25, 0.3) is 11.0 Å². The van der Waals surface area contributed by atoms with Gasteiger partial charge in [0.25, 0.3) is 0 Å². The van der Waals surface area contributed by atoms with Crippen LogP contribution in [-0.4, -0.2) is 5.16 Å². The standard InChI is InChI=1S/C7H5BrN2O/c8-7-5-2-1-4(9)3-6(5)11-10-7/h1-3H,9H2. The van der Waals surface area contributed by atoms with Crippen molar-refractivity contribution in [1.29, 1.82) is 0 Å². The molecule has 0 saturated carbocycles. The first-order valence-corrected chi connectivity index (χ1v) is 3.87. The molecule has 3 nitrogen and oxygen atoms in total. The zero-order valence-electron chi connectivity index (χ0n) is 5.54. The molecule has 2 N–H and O–H groups in total. The van der Waals surface area contributed by atoms with Crippen molar-refractivity contribution in [2.75, 3.05) is 5.73 Å². The minimum absolute atomic E-state index is 0.682. The van der Waals surface area contributed by atoms with Gasteiger partial charge in [0.1, 0.15) is 0 Å². The maximum Gasteiger partial charge on any atom is 0.170 e. The Bertz CT molecular complexity index is 396. The Balaban J connectivity index is 2.86. The second-order valence-corrected chi connectivity index (χ2v) is 2.98. The Morgan fingerprint density at radius 3 is 3.09 bits per heavy atom. The highest BCUT2D eigenvalue weighted by Crippen LogP contribution is 2.24. The fourth-order valence-electron chi connectivity index (χ4n) is 0.923. The molecular weight excluding hydrogens is 208 g/mol. The van der Waals surface area contributed by atoms with Crippen molar-refractivity contribution in [3.05, 3.63) is 22.8 Å². The number of nitrogens with zero attached hydrogens (tertiary/aromatic N) is 1. The fourth-order valence-corrected chi connectivity index (χ4v) is 1.32. The van der Waals surface area contributed by atoms with Gasteiger partial charge < -0.3 is 10.3 Å². The van der Waals surface area contributed by atoms with E-state index in [0.717, 1.165) is 5.39 Å². The Labute approximate surface area is 71.3 Å². The predicted molar refractivity (Wildman–Crippen MR) is 46.1 cm³/mol. The Morgan fingerprint density at radius 2 is 2.27 bits per heavy atom. The van der Waals surface area contributed by atoms with E-state index in [2.05, 4.69) is 21.1 Å². The highest BCUT2D eigenvalue weighted by molar-refractivity contribution is 9.10. The summed E-state index contributed by atoms with van der Waals surface area (Å²) in [5.74, 6) is 0. The summed E-state index contributed by atoms with van der Waals surface area (Å²) in [4.78, 5) is 0. The largest absolute Gasteiger partial charge is 0.399 e. The van der Waals surface area contributed by atoms with Crippen LogP contribution in [0.4, 0.5) is 5.69 Å². The first kappa shape index (κ1) is 6.67. The molecule has 1 aromatic carbocycles. The summed E-state index contributed by atoms with van der Waals surface area (Å²) in [6.07, 6.45) is 0. The zero-order valence-corrected chi connectivity index (χ0v) is 7.13. The quantitative estimate of drug-likeness (QED) is 0.682. The molecule has 0 aliphatic carbocycles. The van der Waals surface area contributed by atoms with Crippen LogP contribution in [0.3, 0.4) is 0 Å². The minimum Gasteiger partial charge on any atom is -0.399 e. The molecular formula is C7H5BrN2O. The first-order valence-electron chi connectivity index (χ1n) is 3.08. The molecule has 0 aliphatic rings. The van der Waals surface area contributed by atoms with E-state index in [1.165, 1.54) is 0 Å². The van der Waals surface area contributed by atoms with Gasteiger partial charge in [-0.05, 0) is 28.1 Å². The number of benzene rings is 1. The topological polar surface area (TPSA) is 52.0 Å². The van der Waals surface area contributed by atoms with E-state index in [0.29, 0.717) is 15.9 Å². The molecule has 0 amide bonds. The summed E-state index contributed by atoms with van der Waals surface area (Å²) in [5, 5.41) is 4.67. The number of halogens is 1. The summed E-state index contributed by atoms with van der Waals surface area (Å²) in [7, 11) is 0. The molecule has 0 atom stereocenters. The lowest BCUT2D eigenvalue weighted by Gasteiger charge is -1.88. The van der Waals surface area contributed by atoms with Crippen molar-refractivity contribution in [1.82, 2.24) is 5.16 Å². The monoisotopic (exact) mass is 212 g/mol. The Morgan fingerprint density at radius 1 is 1.45 bits per heavy atom. The minimum atomic E-state index is 0.682. The van der Waals surface area contributed by atoms with Crippen LogP contribution in [0.1, 0.15) is 0 Å². The van der Waals surface area contributed by atoms with E-state index in [-0.39, 0.29) is 0 Å². The van der Waals surface area contributed by atoms with Crippen molar-refractivity contribution >= 4 is 32.6 Å². The van der Waals surface area contributed by atoms with E-state index in [1.807, 2.05) is 12.1 Å². The summed E-state index contributed by atoms with van der Waals surface area (Å²) in [6.45, 7) is 0. The lowest BCUT2D eigenvalue weighted by molar-refractivity contribution is 0.451.